The average Bonchev–Trinajstić information content (AvgIpc) is 2.71. The molecule has 1 saturated heterocycles. The lowest BCUT2D eigenvalue weighted by atomic mass is 9.84. The van der Waals surface area contributed by atoms with Gasteiger partial charge in [-0.05, 0) is 37.3 Å². The van der Waals surface area contributed by atoms with E-state index in [2.05, 4.69) is 5.32 Å². The number of primary amides is 1. The molecule has 4 N–H and O–H groups in total. The number of carbonyl (C=O) groups is 4. The predicted octanol–water partition coefficient (Wildman–Crippen LogP) is 1.61. The third-order valence-electron chi connectivity index (χ3n) is 5.60. The minimum atomic E-state index is -1.10. The summed E-state index contributed by atoms with van der Waals surface area (Å²) in [6, 6.07) is 6.16. The molecule has 2 rings (SSSR count). The number of aryl methyl sites for hydroxylation is 1. The predicted molar refractivity (Wildman–Crippen MR) is 119 cm³/mol. The van der Waals surface area contributed by atoms with Crippen LogP contribution in [0.2, 0.25) is 0 Å². The molecule has 176 valence electrons. The minimum absolute atomic E-state index is 0.0663. The van der Waals surface area contributed by atoms with Gasteiger partial charge in [0.1, 0.15) is 6.04 Å². The van der Waals surface area contributed by atoms with E-state index in [9.17, 15) is 24.4 Å². The summed E-state index contributed by atoms with van der Waals surface area (Å²) in [5, 5.41) is 13.9. The number of nitrogens with one attached hydrogen (secondary N) is 1. The van der Waals surface area contributed by atoms with E-state index in [-0.39, 0.29) is 30.7 Å². The normalized spacial score (nSPS) is 15.7. The molecule has 0 unspecified atom stereocenters. The summed E-state index contributed by atoms with van der Waals surface area (Å²) in [5.41, 5.74) is 6.01. The number of benzene rings is 1. The van der Waals surface area contributed by atoms with Crippen molar-refractivity contribution in [3.8, 4) is 0 Å². The maximum absolute atomic E-state index is 13.2. The van der Waals surface area contributed by atoms with Crippen molar-refractivity contribution in [3.63, 3.8) is 0 Å². The average molecular weight is 447 g/mol. The fraction of sp³-hybridized carbons (Fsp3) is 0.565. The lowest BCUT2D eigenvalue weighted by Crippen LogP contribution is -2.57. The highest BCUT2D eigenvalue weighted by molar-refractivity contribution is 5.94. The molecule has 1 aromatic carbocycles. The van der Waals surface area contributed by atoms with Crippen LogP contribution in [0.4, 0.5) is 0 Å². The van der Waals surface area contributed by atoms with Gasteiger partial charge in [0.05, 0.1) is 0 Å². The van der Waals surface area contributed by atoms with E-state index in [0.717, 1.165) is 5.56 Å². The van der Waals surface area contributed by atoms with Crippen molar-refractivity contribution in [3.05, 3.63) is 35.4 Å². The zero-order valence-corrected chi connectivity index (χ0v) is 19.3. The van der Waals surface area contributed by atoms with E-state index >= 15 is 0 Å². The van der Waals surface area contributed by atoms with Crippen LogP contribution in [0, 0.1) is 12.3 Å². The third-order valence-corrected chi connectivity index (χ3v) is 5.60. The van der Waals surface area contributed by atoms with Gasteiger partial charge in [-0.25, -0.2) is 5.06 Å². The molecule has 1 heterocycles. The molecule has 1 fully saturated rings. The Hall–Kier alpha value is -2.94. The van der Waals surface area contributed by atoms with Crippen molar-refractivity contribution < 1.29 is 24.4 Å². The van der Waals surface area contributed by atoms with Crippen LogP contribution in [0.1, 0.15) is 62.4 Å². The van der Waals surface area contributed by atoms with Crippen LogP contribution in [0.5, 0.6) is 0 Å². The molecule has 0 spiro atoms. The molecule has 1 atom stereocenters. The summed E-state index contributed by atoms with van der Waals surface area (Å²) < 4.78 is 0. The summed E-state index contributed by atoms with van der Waals surface area (Å²) in [5.74, 6) is -1.89. The molecule has 1 aromatic rings. The summed E-state index contributed by atoms with van der Waals surface area (Å²) in [6.07, 6.45) is 0.675. The number of likely N-dealkylation sites (tertiary alicyclic amines) is 1. The molecule has 4 amide bonds. The number of hydroxylamine groups is 2. The van der Waals surface area contributed by atoms with Crippen molar-refractivity contribution in [1.29, 1.82) is 0 Å². The number of hydrogen-bond acceptors (Lipinski definition) is 5. The maximum Gasteiger partial charge on any atom is 0.251 e. The molecular weight excluding hydrogens is 412 g/mol. The zero-order valence-electron chi connectivity index (χ0n) is 19.3. The van der Waals surface area contributed by atoms with E-state index in [1.165, 1.54) is 0 Å². The zero-order chi connectivity index (χ0) is 24.1. The number of rotatable bonds is 7. The lowest BCUT2D eigenvalue weighted by Gasteiger charge is -2.40. The molecule has 0 bridgehead atoms. The summed E-state index contributed by atoms with van der Waals surface area (Å²) >= 11 is 0. The van der Waals surface area contributed by atoms with Gasteiger partial charge in [-0.1, -0.05) is 38.5 Å². The quantitative estimate of drug-likeness (QED) is 0.432. The number of nitrogens with two attached hydrogens (primary N) is 1. The molecule has 9 nitrogen and oxygen atoms in total. The smallest absolute Gasteiger partial charge is 0.251 e. The van der Waals surface area contributed by atoms with Gasteiger partial charge in [-0.15, -0.1) is 0 Å². The van der Waals surface area contributed by atoms with Gasteiger partial charge >= 0.3 is 0 Å². The Morgan fingerprint density at radius 1 is 1.12 bits per heavy atom. The van der Waals surface area contributed by atoms with Crippen LogP contribution in [-0.4, -0.2) is 64.0 Å². The standard InChI is InChI=1S/C23H34N4O5/c1-15-5-7-16(8-6-15)21(30)25-17-11-13-26(14-12-17)22(31)20(23(2,3)4)27(32)19(29)10-9-18(24)28/h5-8,17,20,32H,9-14H2,1-4H3,(H2,24,28)(H,25,30)/t20-/m1/s1. The Morgan fingerprint density at radius 3 is 2.19 bits per heavy atom. The Morgan fingerprint density at radius 2 is 1.69 bits per heavy atom. The minimum Gasteiger partial charge on any atom is -0.370 e. The molecule has 9 heteroatoms. The number of nitrogens with zero attached hydrogens (tertiary/aromatic N) is 2. The van der Waals surface area contributed by atoms with Crippen LogP contribution in [0.15, 0.2) is 24.3 Å². The second-order valence-corrected chi connectivity index (χ2v) is 9.41. The first-order valence-corrected chi connectivity index (χ1v) is 10.9. The molecule has 0 radical (unpaired) electrons. The van der Waals surface area contributed by atoms with E-state index in [1.807, 2.05) is 19.1 Å². The van der Waals surface area contributed by atoms with Crippen molar-refractivity contribution in [1.82, 2.24) is 15.3 Å². The second kappa shape index (κ2) is 10.6. The van der Waals surface area contributed by atoms with E-state index in [4.69, 9.17) is 5.73 Å². The first kappa shape index (κ1) is 25.3. The third kappa shape index (κ3) is 6.78. The summed E-state index contributed by atoms with van der Waals surface area (Å²) in [6.45, 7) is 8.03. The summed E-state index contributed by atoms with van der Waals surface area (Å²) in [4.78, 5) is 50.5. The van der Waals surface area contributed by atoms with Gasteiger partial charge in [0.25, 0.3) is 5.91 Å². The lowest BCUT2D eigenvalue weighted by molar-refractivity contribution is -0.193. The second-order valence-electron chi connectivity index (χ2n) is 9.41. The van der Waals surface area contributed by atoms with Gasteiger partial charge < -0.3 is 16.0 Å². The van der Waals surface area contributed by atoms with E-state index < -0.39 is 23.3 Å². The van der Waals surface area contributed by atoms with Gasteiger partial charge in [-0.2, -0.15) is 0 Å². The van der Waals surface area contributed by atoms with Crippen LogP contribution in [0.3, 0.4) is 0 Å². The van der Waals surface area contributed by atoms with Crippen LogP contribution in [0.25, 0.3) is 0 Å². The number of amides is 4. The van der Waals surface area contributed by atoms with Crippen molar-refractivity contribution in [2.75, 3.05) is 13.1 Å². The van der Waals surface area contributed by atoms with Crippen LogP contribution < -0.4 is 11.1 Å². The number of piperidine rings is 1. The highest BCUT2D eigenvalue weighted by atomic mass is 16.5. The fourth-order valence-electron chi connectivity index (χ4n) is 3.72. The molecule has 1 aliphatic heterocycles. The highest BCUT2D eigenvalue weighted by Gasteiger charge is 2.41. The van der Waals surface area contributed by atoms with Crippen molar-refractivity contribution >= 4 is 23.6 Å². The largest absolute Gasteiger partial charge is 0.370 e. The monoisotopic (exact) mass is 446 g/mol. The molecule has 0 aliphatic carbocycles. The van der Waals surface area contributed by atoms with E-state index in [1.54, 1.807) is 37.8 Å². The topological polar surface area (TPSA) is 133 Å². The van der Waals surface area contributed by atoms with Gasteiger partial charge in [-0.3, -0.25) is 24.4 Å². The number of carbonyl (C=O) groups excluding carboxylic acids is 4. The Labute approximate surface area is 188 Å². The van der Waals surface area contributed by atoms with Crippen LogP contribution >= 0.6 is 0 Å². The Balaban J connectivity index is 1.98. The van der Waals surface area contributed by atoms with Gasteiger partial charge in [0, 0.05) is 37.5 Å². The fourth-order valence-corrected chi connectivity index (χ4v) is 3.72. The number of hydrogen-bond donors (Lipinski definition) is 3. The Kier molecular flexibility index (Phi) is 8.38. The SMILES string of the molecule is Cc1ccc(C(=O)NC2CCN(C(=O)[C@@H](N(O)C(=O)CCC(N)=O)C(C)(C)C)CC2)cc1. The first-order chi connectivity index (χ1) is 14.9. The molecule has 32 heavy (non-hydrogen) atoms. The molecule has 1 aliphatic rings. The maximum atomic E-state index is 13.2. The Bertz CT molecular complexity index is 839. The molecular formula is C23H34N4O5. The van der Waals surface area contributed by atoms with Crippen molar-refractivity contribution in [2.45, 2.75) is 65.5 Å². The van der Waals surface area contributed by atoms with Gasteiger partial charge in [0.2, 0.25) is 17.7 Å². The van der Waals surface area contributed by atoms with E-state index in [0.29, 0.717) is 36.6 Å². The van der Waals surface area contributed by atoms with Crippen molar-refractivity contribution in [2.24, 2.45) is 11.1 Å². The molecule has 0 aromatic heterocycles. The summed E-state index contributed by atoms with van der Waals surface area (Å²) in [7, 11) is 0. The molecule has 0 saturated carbocycles. The first-order valence-electron chi connectivity index (χ1n) is 10.9. The van der Waals surface area contributed by atoms with Crippen LogP contribution in [-0.2, 0) is 14.4 Å². The van der Waals surface area contributed by atoms with Gasteiger partial charge in [0.15, 0.2) is 0 Å². The highest BCUT2D eigenvalue weighted by Crippen LogP contribution is 2.27.